The second-order valence-corrected chi connectivity index (χ2v) is 8.79. The van der Waals surface area contributed by atoms with Crippen molar-refractivity contribution in [1.82, 2.24) is 15.6 Å². The number of guanidine groups is 1. The van der Waals surface area contributed by atoms with Crippen LogP contribution in [0.2, 0.25) is 0 Å². The van der Waals surface area contributed by atoms with E-state index in [-0.39, 0.29) is 12.0 Å². The average Bonchev–Trinajstić information content (AvgIpc) is 3.44. The number of para-hydroxylation sites is 1. The molecule has 7 heteroatoms. The molecule has 1 aromatic carbocycles. The van der Waals surface area contributed by atoms with Gasteiger partial charge in [0.2, 0.25) is 0 Å². The molecule has 0 fully saturated rings. The predicted molar refractivity (Wildman–Crippen MR) is 120 cm³/mol. The van der Waals surface area contributed by atoms with Gasteiger partial charge in [-0.2, -0.15) is 0 Å². The van der Waals surface area contributed by atoms with Gasteiger partial charge in [0.05, 0.1) is 30.5 Å². The van der Waals surface area contributed by atoms with Crippen molar-refractivity contribution < 1.29 is 9.15 Å². The highest BCUT2D eigenvalue weighted by Crippen LogP contribution is 2.31. The van der Waals surface area contributed by atoms with E-state index in [2.05, 4.69) is 41.6 Å². The molecule has 158 valence electrons. The van der Waals surface area contributed by atoms with Crippen LogP contribution in [0.15, 0.2) is 58.3 Å². The summed E-state index contributed by atoms with van der Waals surface area (Å²) in [6.07, 6.45) is 5.34. The van der Waals surface area contributed by atoms with E-state index in [0.29, 0.717) is 13.2 Å². The average molecular weight is 425 g/mol. The van der Waals surface area contributed by atoms with Crippen molar-refractivity contribution in [2.45, 2.75) is 38.6 Å². The van der Waals surface area contributed by atoms with Crippen molar-refractivity contribution in [2.24, 2.45) is 4.99 Å². The van der Waals surface area contributed by atoms with Crippen molar-refractivity contribution in [1.29, 1.82) is 0 Å². The molecule has 2 N–H and O–H groups in total. The van der Waals surface area contributed by atoms with Gasteiger partial charge in [0, 0.05) is 41.9 Å². The van der Waals surface area contributed by atoms with Crippen molar-refractivity contribution in [3.05, 3.63) is 70.1 Å². The molecule has 0 aliphatic carbocycles. The maximum Gasteiger partial charge on any atom is 0.191 e. The van der Waals surface area contributed by atoms with Crippen molar-refractivity contribution >= 4 is 17.3 Å². The highest BCUT2D eigenvalue weighted by molar-refractivity contribution is 7.11. The predicted octanol–water partition coefficient (Wildman–Crippen LogP) is 4.45. The Labute approximate surface area is 181 Å². The van der Waals surface area contributed by atoms with Crippen LogP contribution in [0.4, 0.5) is 0 Å². The van der Waals surface area contributed by atoms with Gasteiger partial charge < -0.3 is 19.8 Å². The third-order valence-electron chi connectivity index (χ3n) is 5.10. The van der Waals surface area contributed by atoms with Crippen LogP contribution in [0.25, 0.3) is 0 Å². The number of hydrogen-bond acceptors (Lipinski definition) is 5. The zero-order valence-electron chi connectivity index (χ0n) is 17.4. The van der Waals surface area contributed by atoms with Gasteiger partial charge in [0.25, 0.3) is 0 Å². The number of fused-ring (bicyclic) bond motifs is 1. The Morgan fingerprint density at radius 2 is 2.20 bits per heavy atom. The van der Waals surface area contributed by atoms with Crippen LogP contribution in [-0.2, 0) is 6.42 Å². The minimum atomic E-state index is 0.169. The van der Waals surface area contributed by atoms with Crippen LogP contribution in [-0.4, -0.2) is 30.6 Å². The summed E-state index contributed by atoms with van der Waals surface area (Å²) in [5.41, 5.74) is 1.17. The number of aliphatic imine (C=N–C) groups is 1. The zero-order chi connectivity index (χ0) is 20.8. The van der Waals surface area contributed by atoms with Gasteiger partial charge in [-0.1, -0.05) is 25.1 Å². The van der Waals surface area contributed by atoms with Gasteiger partial charge in [-0.25, -0.2) is 4.98 Å². The zero-order valence-corrected chi connectivity index (χ0v) is 18.2. The lowest BCUT2D eigenvalue weighted by Gasteiger charge is -2.28. The number of thiazole rings is 1. The summed E-state index contributed by atoms with van der Waals surface area (Å²) in [5.74, 6) is 2.99. The normalized spacial score (nSPS) is 17.1. The minimum absolute atomic E-state index is 0.169. The number of furan rings is 1. The smallest absolute Gasteiger partial charge is 0.191 e. The lowest BCUT2D eigenvalue weighted by Crippen LogP contribution is -2.42. The number of nitrogens with one attached hydrogen (secondary N) is 2. The molecule has 2 atom stereocenters. The maximum absolute atomic E-state index is 5.80. The van der Waals surface area contributed by atoms with Crippen LogP contribution >= 0.6 is 11.3 Å². The summed E-state index contributed by atoms with van der Waals surface area (Å²) in [6, 6.07) is 12.3. The molecule has 0 bridgehead atoms. The second-order valence-electron chi connectivity index (χ2n) is 7.53. The molecule has 0 saturated heterocycles. The standard InChI is InChI=1S/C23H28N4O2S/c1-16(22-25-15-17(2)30-22)14-26-23(24-11-9-18-6-5-12-28-18)27-20-10-13-29-21-8-4-3-7-19(20)21/h3-8,12,15-16,20H,9-11,13-14H2,1-2H3,(H2,24,26,27). The number of ether oxygens (including phenoxy) is 1. The molecule has 0 spiro atoms. The Bertz CT molecular complexity index is 967. The number of aromatic nitrogens is 1. The second kappa shape index (κ2) is 9.80. The Kier molecular flexibility index (Phi) is 6.69. The van der Waals surface area contributed by atoms with E-state index < -0.39 is 0 Å². The molecule has 0 saturated carbocycles. The molecule has 3 aromatic rings. The van der Waals surface area contributed by atoms with Gasteiger partial charge >= 0.3 is 0 Å². The van der Waals surface area contributed by atoms with Gasteiger partial charge in [0.15, 0.2) is 5.96 Å². The molecule has 3 heterocycles. The minimum Gasteiger partial charge on any atom is -0.493 e. The third kappa shape index (κ3) is 5.21. The quantitative estimate of drug-likeness (QED) is 0.433. The van der Waals surface area contributed by atoms with E-state index in [1.54, 1.807) is 17.6 Å². The summed E-state index contributed by atoms with van der Waals surface area (Å²) in [7, 11) is 0. The molecule has 2 unspecified atom stereocenters. The summed E-state index contributed by atoms with van der Waals surface area (Å²) >= 11 is 1.74. The summed E-state index contributed by atoms with van der Waals surface area (Å²) in [5, 5.41) is 8.21. The van der Waals surface area contributed by atoms with Gasteiger partial charge in [-0.15, -0.1) is 11.3 Å². The SMILES string of the molecule is Cc1cnc(C(C)CN=C(NCCc2ccco2)NC2CCOc3ccccc32)s1. The molecule has 1 aliphatic heterocycles. The molecule has 4 rings (SSSR count). The van der Waals surface area contributed by atoms with E-state index in [0.717, 1.165) is 41.9 Å². The van der Waals surface area contributed by atoms with Crippen LogP contribution in [0, 0.1) is 6.92 Å². The molecule has 2 aromatic heterocycles. The lowest BCUT2D eigenvalue weighted by molar-refractivity contribution is 0.261. The summed E-state index contributed by atoms with van der Waals surface area (Å²) in [6.45, 7) is 6.38. The van der Waals surface area contributed by atoms with Gasteiger partial charge in [0.1, 0.15) is 11.5 Å². The topological polar surface area (TPSA) is 71.7 Å². The van der Waals surface area contributed by atoms with E-state index in [1.807, 2.05) is 30.5 Å². The van der Waals surface area contributed by atoms with Gasteiger partial charge in [-0.3, -0.25) is 4.99 Å². The van der Waals surface area contributed by atoms with Crippen LogP contribution in [0.3, 0.4) is 0 Å². The van der Waals surface area contributed by atoms with Crippen LogP contribution < -0.4 is 15.4 Å². The number of rotatable bonds is 7. The number of hydrogen-bond donors (Lipinski definition) is 2. The summed E-state index contributed by atoms with van der Waals surface area (Å²) in [4.78, 5) is 10.6. The van der Waals surface area contributed by atoms with E-state index in [9.17, 15) is 0 Å². The fourth-order valence-electron chi connectivity index (χ4n) is 3.47. The van der Waals surface area contributed by atoms with Crippen LogP contribution in [0.1, 0.15) is 46.5 Å². The Morgan fingerprint density at radius 1 is 1.30 bits per heavy atom. The fraction of sp³-hybridized carbons (Fsp3) is 0.391. The summed E-state index contributed by atoms with van der Waals surface area (Å²) < 4.78 is 11.3. The Morgan fingerprint density at radius 3 is 3.00 bits per heavy atom. The maximum atomic E-state index is 5.80. The molecular weight excluding hydrogens is 396 g/mol. The van der Waals surface area contributed by atoms with E-state index in [1.165, 1.54) is 10.4 Å². The number of benzene rings is 1. The molecule has 0 amide bonds. The Balaban J connectivity index is 1.45. The van der Waals surface area contributed by atoms with E-state index in [4.69, 9.17) is 14.1 Å². The van der Waals surface area contributed by atoms with E-state index >= 15 is 0 Å². The van der Waals surface area contributed by atoms with Crippen molar-refractivity contribution in [3.63, 3.8) is 0 Å². The Hall–Kier alpha value is -2.80. The first-order valence-electron chi connectivity index (χ1n) is 10.4. The first-order chi connectivity index (χ1) is 14.7. The van der Waals surface area contributed by atoms with Crippen LogP contribution in [0.5, 0.6) is 5.75 Å². The molecule has 1 aliphatic rings. The third-order valence-corrected chi connectivity index (χ3v) is 6.24. The molecule has 6 nitrogen and oxygen atoms in total. The largest absolute Gasteiger partial charge is 0.493 e. The number of aryl methyl sites for hydroxylation is 1. The molecular formula is C23H28N4O2S. The first-order valence-corrected chi connectivity index (χ1v) is 11.2. The highest BCUT2D eigenvalue weighted by Gasteiger charge is 2.22. The fourth-order valence-corrected chi connectivity index (χ4v) is 4.29. The number of nitrogens with zero attached hydrogens (tertiary/aromatic N) is 2. The first kappa shape index (κ1) is 20.5. The van der Waals surface area contributed by atoms with Crippen molar-refractivity contribution in [3.8, 4) is 5.75 Å². The monoisotopic (exact) mass is 424 g/mol. The van der Waals surface area contributed by atoms with Gasteiger partial charge in [-0.05, 0) is 25.1 Å². The van der Waals surface area contributed by atoms with Crippen molar-refractivity contribution in [2.75, 3.05) is 19.7 Å². The molecule has 30 heavy (non-hydrogen) atoms. The lowest BCUT2D eigenvalue weighted by atomic mass is 10.0. The highest BCUT2D eigenvalue weighted by atomic mass is 32.1. The molecule has 0 radical (unpaired) electrons.